The predicted octanol–water partition coefficient (Wildman–Crippen LogP) is 5.74. The van der Waals surface area contributed by atoms with Gasteiger partial charge in [-0.2, -0.15) is 0 Å². The summed E-state index contributed by atoms with van der Waals surface area (Å²) in [6.07, 6.45) is 4.78. The van der Waals surface area contributed by atoms with Gasteiger partial charge in [-0.15, -0.1) is 0 Å². The largest absolute Gasteiger partial charge is 0.483 e. The summed E-state index contributed by atoms with van der Waals surface area (Å²) in [5.41, 5.74) is 0.912. The molecule has 3 aromatic carbocycles. The summed E-state index contributed by atoms with van der Waals surface area (Å²) in [6, 6.07) is 20.7. The van der Waals surface area contributed by atoms with Crippen LogP contribution in [0.4, 0.5) is 0 Å². The second kappa shape index (κ2) is 11.4. The van der Waals surface area contributed by atoms with Crippen LogP contribution in [0.5, 0.6) is 5.75 Å². The van der Waals surface area contributed by atoms with Crippen molar-refractivity contribution in [1.29, 1.82) is 0 Å². The van der Waals surface area contributed by atoms with Crippen molar-refractivity contribution in [3.05, 3.63) is 77.3 Å². The molecule has 1 atom stereocenters. The fourth-order valence-corrected chi connectivity index (χ4v) is 4.74. The molecule has 0 saturated heterocycles. The zero-order valence-electron chi connectivity index (χ0n) is 19.5. The molecule has 5 nitrogen and oxygen atoms in total. The molecule has 0 radical (unpaired) electrons. The highest BCUT2D eigenvalue weighted by Crippen LogP contribution is 2.25. The van der Waals surface area contributed by atoms with E-state index in [4.69, 9.17) is 16.3 Å². The first kappa shape index (κ1) is 24.1. The standard InChI is InChI=1S/C28H31ClN2O3/c1-2-25(28(33)30-23-10-4-5-11-23)31(18-20-14-16-22(29)17-15-20)27(32)19-34-26-13-7-9-21-8-3-6-12-24(21)26/h3,6-9,12-17,23,25H,2,4-5,10-11,18-19H2,1H3,(H,30,33)/t25-/m1/s1. The quantitative estimate of drug-likeness (QED) is 0.426. The lowest BCUT2D eigenvalue weighted by molar-refractivity contribution is -0.143. The van der Waals surface area contributed by atoms with Crippen LogP contribution >= 0.6 is 11.6 Å². The third kappa shape index (κ3) is 5.89. The zero-order chi connectivity index (χ0) is 23.9. The van der Waals surface area contributed by atoms with Crippen molar-refractivity contribution in [1.82, 2.24) is 10.2 Å². The molecule has 1 aliphatic carbocycles. The van der Waals surface area contributed by atoms with E-state index in [1.807, 2.05) is 61.5 Å². The maximum Gasteiger partial charge on any atom is 0.261 e. The lowest BCUT2D eigenvalue weighted by atomic mass is 10.1. The normalized spacial score (nSPS) is 14.6. The molecule has 4 rings (SSSR count). The van der Waals surface area contributed by atoms with Crippen molar-refractivity contribution in [3.63, 3.8) is 0 Å². The summed E-state index contributed by atoms with van der Waals surface area (Å²) in [5, 5.41) is 5.80. The van der Waals surface area contributed by atoms with Gasteiger partial charge in [0.1, 0.15) is 11.8 Å². The number of nitrogens with zero attached hydrogens (tertiary/aromatic N) is 1. The molecule has 0 heterocycles. The topological polar surface area (TPSA) is 58.6 Å². The maximum atomic E-state index is 13.5. The number of hydrogen-bond acceptors (Lipinski definition) is 3. The highest BCUT2D eigenvalue weighted by Gasteiger charge is 2.31. The summed E-state index contributed by atoms with van der Waals surface area (Å²) >= 11 is 6.05. The van der Waals surface area contributed by atoms with E-state index in [1.54, 1.807) is 17.0 Å². The molecule has 0 bridgehead atoms. The van der Waals surface area contributed by atoms with Crippen LogP contribution in [0, 0.1) is 0 Å². The van der Waals surface area contributed by atoms with Crippen LogP contribution in [0.2, 0.25) is 5.02 Å². The number of rotatable bonds is 9. The van der Waals surface area contributed by atoms with Crippen molar-refractivity contribution in [2.75, 3.05) is 6.61 Å². The van der Waals surface area contributed by atoms with Crippen LogP contribution in [-0.2, 0) is 16.1 Å². The second-order valence-corrected chi connectivity index (χ2v) is 9.26. The van der Waals surface area contributed by atoms with Gasteiger partial charge in [0.15, 0.2) is 6.61 Å². The van der Waals surface area contributed by atoms with Gasteiger partial charge in [0.05, 0.1) is 0 Å². The summed E-state index contributed by atoms with van der Waals surface area (Å²) in [5.74, 6) is 0.333. The van der Waals surface area contributed by atoms with E-state index >= 15 is 0 Å². The van der Waals surface area contributed by atoms with E-state index < -0.39 is 6.04 Å². The van der Waals surface area contributed by atoms with Gasteiger partial charge >= 0.3 is 0 Å². The Bertz CT molecular complexity index is 1120. The van der Waals surface area contributed by atoms with Crippen LogP contribution in [-0.4, -0.2) is 35.4 Å². The fourth-order valence-electron chi connectivity index (χ4n) is 4.62. The minimum Gasteiger partial charge on any atom is -0.483 e. The number of hydrogen-bond donors (Lipinski definition) is 1. The lowest BCUT2D eigenvalue weighted by Crippen LogP contribution is -2.52. The van der Waals surface area contributed by atoms with E-state index in [9.17, 15) is 9.59 Å². The van der Waals surface area contributed by atoms with Gasteiger partial charge in [0, 0.05) is 23.0 Å². The van der Waals surface area contributed by atoms with Gasteiger partial charge in [0.25, 0.3) is 5.91 Å². The van der Waals surface area contributed by atoms with Crippen LogP contribution in [0.3, 0.4) is 0 Å². The van der Waals surface area contributed by atoms with E-state index in [-0.39, 0.29) is 24.5 Å². The molecular formula is C28H31ClN2O3. The molecule has 1 saturated carbocycles. The highest BCUT2D eigenvalue weighted by molar-refractivity contribution is 6.30. The fraction of sp³-hybridized carbons (Fsp3) is 0.357. The first-order valence-corrected chi connectivity index (χ1v) is 12.4. The number of carbonyl (C=O) groups is 2. The molecule has 1 fully saturated rings. The molecular weight excluding hydrogens is 448 g/mol. The molecule has 6 heteroatoms. The van der Waals surface area contributed by atoms with Crippen LogP contribution in [0.15, 0.2) is 66.7 Å². The molecule has 0 aromatic heterocycles. The Kier molecular flexibility index (Phi) is 8.07. The first-order valence-electron chi connectivity index (χ1n) is 12.0. The summed E-state index contributed by atoms with van der Waals surface area (Å²) < 4.78 is 5.98. The van der Waals surface area contributed by atoms with E-state index in [0.29, 0.717) is 23.7 Å². The van der Waals surface area contributed by atoms with Crippen LogP contribution < -0.4 is 10.1 Å². The highest BCUT2D eigenvalue weighted by atomic mass is 35.5. The molecule has 1 N–H and O–H groups in total. The minimum absolute atomic E-state index is 0.0955. The first-order chi connectivity index (χ1) is 16.5. The Morgan fingerprint density at radius 2 is 1.74 bits per heavy atom. The zero-order valence-corrected chi connectivity index (χ0v) is 20.3. The molecule has 178 valence electrons. The number of benzene rings is 3. The van der Waals surface area contributed by atoms with E-state index in [1.165, 1.54) is 0 Å². The van der Waals surface area contributed by atoms with Gasteiger partial charge in [-0.25, -0.2) is 0 Å². The maximum absolute atomic E-state index is 13.5. The van der Waals surface area contributed by atoms with Gasteiger partial charge in [-0.05, 0) is 48.4 Å². The average Bonchev–Trinajstić information content (AvgIpc) is 3.36. The second-order valence-electron chi connectivity index (χ2n) is 8.83. The average molecular weight is 479 g/mol. The third-order valence-electron chi connectivity index (χ3n) is 6.45. The molecule has 2 amide bonds. The smallest absolute Gasteiger partial charge is 0.261 e. The molecule has 0 spiro atoms. The number of ether oxygens (including phenoxy) is 1. The molecule has 0 aliphatic heterocycles. The molecule has 34 heavy (non-hydrogen) atoms. The number of halogens is 1. The molecule has 1 aliphatic rings. The van der Waals surface area contributed by atoms with Gasteiger partial charge in [-0.3, -0.25) is 9.59 Å². The van der Waals surface area contributed by atoms with Crippen molar-refractivity contribution < 1.29 is 14.3 Å². The van der Waals surface area contributed by atoms with Gasteiger partial charge in [-0.1, -0.05) is 79.9 Å². The summed E-state index contributed by atoms with van der Waals surface area (Å²) in [7, 11) is 0. The molecule has 3 aromatic rings. The predicted molar refractivity (Wildman–Crippen MR) is 136 cm³/mol. The van der Waals surface area contributed by atoms with E-state index in [2.05, 4.69) is 5.32 Å². The van der Waals surface area contributed by atoms with Gasteiger partial charge < -0.3 is 15.0 Å². The minimum atomic E-state index is -0.570. The van der Waals surface area contributed by atoms with Crippen LogP contribution in [0.1, 0.15) is 44.6 Å². The Balaban J connectivity index is 1.53. The Morgan fingerprint density at radius 3 is 2.47 bits per heavy atom. The number of amides is 2. The van der Waals surface area contributed by atoms with Crippen molar-refractivity contribution in [2.45, 2.75) is 57.7 Å². The number of fused-ring (bicyclic) bond motifs is 1. The SMILES string of the molecule is CC[C@H](C(=O)NC1CCCC1)N(Cc1ccc(Cl)cc1)C(=O)COc1cccc2ccccc12. The van der Waals surface area contributed by atoms with Crippen molar-refractivity contribution in [3.8, 4) is 5.75 Å². The van der Waals surface area contributed by atoms with Crippen LogP contribution in [0.25, 0.3) is 10.8 Å². The van der Waals surface area contributed by atoms with Crippen molar-refractivity contribution >= 4 is 34.2 Å². The summed E-state index contributed by atoms with van der Waals surface area (Å²) in [4.78, 5) is 28.3. The Morgan fingerprint density at radius 1 is 1.03 bits per heavy atom. The lowest BCUT2D eigenvalue weighted by Gasteiger charge is -2.31. The Hall–Kier alpha value is -3.05. The number of carbonyl (C=O) groups excluding carboxylic acids is 2. The Labute approximate surface area is 206 Å². The van der Waals surface area contributed by atoms with E-state index in [0.717, 1.165) is 42.0 Å². The van der Waals surface area contributed by atoms with Gasteiger partial charge in [0.2, 0.25) is 5.91 Å². The number of nitrogens with one attached hydrogen (secondary N) is 1. The monoisotopic (exact) mass is 478 g/mol. The van der Waals surface area contributed by atoms with Crippen molar-refractivity contribution in [2.24, 2.45) is 0 Å². The molecule has 0 unspecified atom stereocenters. The third-order valence-corrected chi connectivity index (χ3v) is 6.71. The summed E-state index contributed by atoms with van der Waals surface area (Å²) in [6.45, 7) is 2.10.